The number of nitrogens with one attached hydrogen (secondary N) is 2. The Morgan fingerprint density at radius 2 is 2.00 bits per heavy atom. The molecule has 106 valence electrons. The number of aryl methyl sites for hydroxylation is 1. The largest absolute Gasteiger partial charge is 0.357 e. The van der Waals surface area contributed by atoms with Crippen LogP contribution in [0.3, 0.4) is 0 Å². The van der Waals surface area contributed by atoms with E-state index in [0.29, 0.717) is 0 Å². The van der Waals surface area contributed by atoms with Crippen LogP contribution in [0.25, 0.3) is 0 Å². The number of hydrogen-bond donors (Lipinski definition) is 2. The van der Waals surface area contributed by atoms with E-state index in [0.717, 1.165) is 25.5 Å². The van der Waals surface area contributed by atoms with Crippen LogP contribution in [0, 0.1) is 6.92 Å². The smallest absolute Gasteiger partial charge is 0.191 e. The fraction of sp³-hybridized carbons (Fsp3) is 0.562. The average Bonchev–Trinajstić information content (AvgIpc) is 2.27. The molecule has 1 aromatic rings. The van der Waals surface area contributed by atoms with Crippen LogP contribution in [0.15, 0.2) is 29.3 Å². The molecule has 1 aromatic carbocycles. The van der Waals surface area contributed by atoms with Crippen LogP contribution in [0.2, 0.25) is 0 Å². The number of guanidine groups is 1. The van der Waals surface area contributed by atoms with E-state index in [1.807, 2.05) is 0 Å². The second-order valence-corrected chi connectivity index (χ2v) is 5.87. The van der Waals surface area contributed by atoms with Crippen molar-refractivity contribution in [2.75, 3.05) is 13.1 Å². The van der Waals surface area contributed by atoms with Gasteiger partial charge in [0.2, 0.25) is 0 Å². The highest BCUT2D eigenvalue weighted by molar-refractivity contribution is 5.80. The van der Waals surface area contributed by atoms with Crippen LogP contribution in [0.1, 0.15) is 38.8 Å². The normalized spacial score (nSPS) is 12.4. The van der Waals surface area contributed by atoms with Crippen LogP contribution in [-0.2, 0) is 6.42 Å². The topological polar surface area (TPSA) is 36.4 Å². The third-order valence-corrected chi connectivity index (χ3v) is 2.59. The molecule has 3 nitrogen and oxygen atoms in total. The molecule has 0 saturated heterocycles. The molecule has 0 aromatic heterocycles. The summed E-state index contributed by atoms with van der Waals surface area (Å²) in [7, 11) is 0. The number of aliphatic imine (C=N–C) groups is 1. The molecule has 2 N–H and O–H groups in total. The van der Waals surface area contributed by atoms with Crippen molar-refractivity contribution in [3.8, 4) is 0 Å². The van der Waals surface area contributed by atoms with E-state index in [1.165, 1.54) is 11.1 Å². The zero-order valence-corrected chi connectivity index (χ0v) is 12.9. The van der Waals surface area contributed by atoms with Crippen molar-refractivity contribution in [3.63, 3.8) is 0 Å². The van der Waals surface area contributed by atoms with Crippen molar-refractivity contribution in [3.05, 3.63) is 35.4 Å². The lowest BCUT2D eigenvalue weighted by Gasteiger charge is -2.23. The highest BCUT2D eigenvalue weighted by Gasteiger charge is 2.11. The van der Waals surface area contributed by atoms with Crippen molar-refractivity contribution in [2.45, 2.75) is 46.6 Å². The first kappa shape index (κ1) is 15.5. The molecule has 0 bridgehead atoms. The number of nitrogens with zero attached hydrogens (tertiary/aromatic N) is 1. The van der Waals surface area contributed by atoms with Gasteiger partial charge in [0.1, 0.15) is 0 Å². The van der Waals surface area contributed by atoms with E-state index < -0.39 is 0 Å². The maximum absolute atomic E-state index is 4.62. The second kappa shape index (κ2) is 7.17. The van der Waals surface area contributed by atoms with Crippen LogP contribution in [0.4, 0.5) is 0 Å². The number of rotatable bonds is 4. The van der Waals surface area contributed by atoms with Crippen molar-refractivity contribution < 1.29 is 0 Å². The molecule has 0 aliphatic heterocycles. The first-order valence-electron chi connectivity index (χ1n) is 7.03. The molecule has 1 rings (SSSR count). The lowest BCUT2D eigenvalue weighted by atomic mass is 10.1. The monoisotopic (exact) mass is 261 g/mol. The molecule has 0 spiro atoms. The van der Waals surface area contributed by atoms with Gasteiger partial charge in [-0.25, -0.2) is 0 Å². The SMILES string of the molecule is CCNC(=NCCc1cccc(C)c1)NC(C)(C)C. The van der Waals surface area contributed by atoms with Gasteiger partial charge in [0, 0.05) is 18.6 Å². The van der Waals surface area contributed by atoms with Crippen LogP contribution < -0.4 is 10.6 Å². The number of benzene rings is 1. The first-order chi connectivity index (χ1) is 8.90. The summed E-state index contributed by atoms with van der Waals surface area (Å²) in [5.74, 6) is 0.891. The molecular weight excluding hydrogens is 234 g/mol. The predicted octanol–water partition coefficient (Wildman–Crippen LogP) is 2.89. The standard InChI is InChI=1S/C16H27N3/c1-6-17-15(19-16(3,4)5)18-11-10-14-9-7-8-13(2)12-14/h7-9,12H,6,10-11H2,1-5H3,(H2,17,18,19). The maximum atomic E-state index is 4.62. The second-order valence-electron chi connectivity index (χ2n) is 5.87. The Kier molecular flexibility index (Phi) is 5.87. The zero-order valence-electron chi connectivity index (χ0n) is 12.9. The van der Waals surface area contributed by atoms with Crippen LogP contribution >= 0.6 is 0 Å². The molecule has 0 aliphatic carbocycles. The molecule has 0 atom stereocenters. The van der Waals surface area contributed by atoms with Crippen molar-refractivity contribution in [1.29, 1.82) is 0 Å². The van der Waals surface area contributed by atoms with Gasteiger partial charge in [0.25, 0.3) is 0 Å². The Hall–Kier alpha value is -1.51. The first-order valence-corrected chi connectivity index (χ1v) is 7.03. The lowest BCUT2D eigenvalue weighted by molar-refractivity contribution is 0.501. The highest BCUT2D eigenvalue weighted by Crippen LogP contribution is 2.05. The van der Waals surface area contributed by atoms with Gasteiger partial charge in [-0.1, -0.05) is 29.8 Å². The van der Waals surface area contributed by atoms with Gasteiger partial charge in [-0.05, 0) is 46.6 Å². The Morgan fingerprint density at radius 3 is 2.58 bits per heavy atom. The van der Waals surface area contributed by atoms with Crippen molar-refractivity contribution in [2.24, 2.45) is 4.99 Å². The summed E-state index contributed by atoms with van der Waals surface area (Å²) in [5, 5.41) is 6.67. The minimum absolute atomic E-state index is 0.0321. The van der Waals surface area contributed by atoms with Gasteiger partial charge < -0.3 is 10.6 Å². The van der Waals surface area contributed by atoms with E-state index in [4.69, 9.17) is 0 Å². The fourth-order valence-electron chi connectivity index (χ4n) is 1.83. The van der Waals surface area contributed by atoms with E-state index in [2.05, 4.69) is 74.5 Å². The van der Waals surface area contributed by atoms with Gasteiger partial charge >= 0.3 is 0 Å². The van der Waals surface area contributed by atoms with Gasteiger partial charge in [-0.3, -0.25) is 4.99 Å². The quantitative estimate of drug-likeness (QED) is 0.646. The van der Waals surface area contributed by atoms with Gasteiger partial charge in [0.15, 0.2) is 5.96 Å². The highest BCUT2D eigenvalue weighted by atomic mass is 15.2. The average molecular weight is 261 g/mol. The van der Waals surface area contributed by atoms with E-state index >= 15 is 0 Å². The summed E-state index contributed by atoms with van der Waals surface area (Å²) >= 11 is 0. The third-order valence-electron chi connectivity index (χ3n) is 2.59. The predicted molar refractivity (Wildman–Crippen MR) is 83.8 cm³/mol. The summed E-state index contributed by atoms with van der Waals surface area (Å²) in [5.41, 5.74) is 2.68. The van der Waals surface area contributed by atoms with Crippen molar-refractivity contribution >= 4 is 5.96 Å². The van der Waals surface area contributed by atoms with Crippen molar-refractivity contribution in [1.82, 2.24) is 10.6 Å². The van der Waals surface area contributed by atoms with Gasteiger partial charge in [-0.15, -0.1) is 0 Å². The van der Waals surface area contributed by atoms with Gasteiger partial charge in [0.05, 0.1) is 0 Å². The molecule has 0 heterocycles. The summed E-state index contributed by atoms with van der Waals surface area (Å²) in [6, 6.07) is 8.61. The Bertz CT molecular complexity index is 416. The zero-order chi connectivity index (χ0) is 14.3. The van der Waals surface area contributed by atoms with Crippen LogP contribution in [-0.4, -0.2) is 24.6 Å². The summed E-state index contributed by atoms with van der Waals surface area (Å²) in [6.45, 7) is 12.3. The summed E-state index contributed by atoms with van der Waals surface area (Å²) in [6.07, 6.45) is 0.975. The van der Waals surface area contributed by atoms with E-state index in [1.54, 1.807) is 0 Å². The third kappa shape index (κ3) is 6.85. The summed E-state index contributed by atoms with van der Waals surface area (Å²) in [4.78, 5) is 4.62. The van der Waals surface area contributed by atoms with Gasteiger partial charge in [-0.2, -0.15) is 0 Å². The molecule has 0 aliphatic rings. The maximum Gasteiger partial charge on any atom is 0.191 e. The molecule has 0 saturated carbocycles. The minimum atomic E-state index is 0.0321. The number of hydrogen-bond acceptors (Lipinski definition) is 1. The Labute approximate surface area is 117 Å². The molecule has 3 heteroatoms. The molecular formula is C16H27N3. The molecule has 0 radical (unpaired) electrons. The minimum Gasteiger partial charge on any atom is -0.357 e. The Balaban J connectivity index is 2.56. The van der Waals surface area contributed by atoms with Crippen LogP contribution in [0.5, 0.6) is 0 Å². The molecule has 0 amide bonds. The lowest BCUT2D eigenvalue weighted by Crippen LogP contribution is -2.47. The molecule has 0 fully saturated rings. The molecule has 19 heavy (non-hydrogen) atoms. The Morgan fingerprint density at radius 1 is 1.26 bits per heavy atom. The molecule has 0 unspecified atom stereocenters. The van der Waals surface area contributed by atoms with E-state index in [-0.39, 0.29) is 5.54 Å². The fourth-order valence-corrected chi connectivity index (χ4v) is 1.83. The van der Waals surface area contributed by atoms with E-state index in [9.17, 15) is 0 Å². The summed E-state index contributed by atoms with van der Waals surface area (Å²) < 4.78 is 0.